The lowest BCUT2D eigenvalue weighted by molar-refractivity contribution is -0.146. The lowest BCUT2D eigenvalue weighted by atomic mass is 10.0. The van der Waals surface area contributed by atoms with E-state index in [4.69, 9.17) is 9.26 Å². The van der Waals surface area contributed by atoms with E-state index in [1.165, 1.54) is 38.1 Å². The molecule has 0 aliphatic carbocycles. The number of ketones is 1. The van der Waals surface area contributed by atoms with Crippen molar-refractivity contribution in [3.8, 4) is 11.4 Å². The van der Waals surface area contributed by atoms with E-state index < -0.39 is 12.1 Å². The normalized spacial score (nSPS) is 13.5. The van der Waals surface area contributed by atoms with Crippen LogP contribution in [0.5, 0.6) is 0 Å². The molecule has 4 rings (SSSR count). The minimum atomic E-state index is -0.960. The third-order valence-corrected chi connectivity index (χ3v) is 5.43. The molecular weight excluding hydrogens is 429 g/mol. The number of Topliss-reactive ketones (excluding diaryl/α,β-unsaturated/α-hetero) is 1. The van der Waals surface area contributed by atoms with Crippen molar-refractivity contribution in [1.82, 2.24) is 10.1 Å². The number of carbonyl (C=O) groups is 3. The average molecular weight is 451 g/mol. The molecule has 33 heavy (non-hydrogen) atoms. The Balaban J connectivity index is 1.31. The number of halogens is 1. The number of rotatable bonds is 7. The Morgan fingerprint density at radius 2 is 1.94 bits per heavy atom. The van der Waals surface area contributed by atoms with Crippen LogP contribution in [-0.4, -0.2) is 40.4 Å². The van der Waals surface area contributed by atoms with Gasteiger partial charge in [-0.25, -0.2) is 4.39 Å². The van der Waals surface area contributed by atoms with Crippen LogP contribution in [0.1, 0.15) is 42.1 Å². The number of hydrogen-bond donors (Lipinski definition) is 0. The van der Waals surface area contributed by atoms with E-state index in [1.54, 1.807) is 23.1 Å². The lowest BCUT2D eigenvalue weighted by Crippen LogP contribution is -2.26. The molecule has 3 aromatic rings. The Kier molecular flexibility index (Phi) is 6.30. The van der Waals surface area contributed by atoms with Crippen LogP contribution in [-0.2, 0) is 27.2 Å². The summed E-state index contributed by atoms with van der Waals surface area (Å²) >= 11 is 0. The van der Waals surface area contributed by atoms with E-state index >= 15 is 0 Å². The van der Waals surface area contributed by atoms with E-state index in [0.29, 0.717) is 29.9 Å². The number of nitrogens with zero attached hydrogens (tertiary/aromatic N) is 3. The summed E-state index contributed by atoms with van der Waals surface area (Å²) in [5.74, 6) is -0.765. The van der Waals surface area contributed by atoms with Gasteiger partial charge in [-0.1, -0.05) is 5.16 Å². The molecule has 8 nitrogen and oxygen atoms in total. The Labute approximate surface area is 189 Å². The van der Waals surface area contributed by atoms with E-state index in [2.05, 4.69) is 10.1 Å². The standard InChI is InChI=1S/C24H22FN3O5/c1-14(23(31)18-5-8-20-17(13-18)11-12-28(20)15(2)29)32-22(30)10-9-21-26-24(27-33-21)16-3-6-19(25)7-4-16/h3-8,13-14H,9-12H2,1-2H3/t14-/m0/s1. The van der Waals surface area contributed by atoms with Gasteiger partial charge in [0.2, 0.25) is 23.4 Å². The van der Waals surface area contributed by atoms with Crippen LogP contribution in [0.3, 0.4) is 0 Å². The molecule has 2 aromatic carbocycles. The van der Waals surface area contributed by atoms with Gasteiger partial charge in [-0.05, 0) is 61.4 Å². The summed E-state index contributed by atoms with van der Waals surface area (Å²) in [4.78, 5) is 42.5. The molecule has 9 heteroatoms. The fourth-order valence-corrected chi connectivity index (χ4v) is 3.71. The molecule has 0 fully saturated rings. The summed E-state index contributed by atoms with van der Waals surface area (Å²) in [5, 5.41) is 3.83. The van der Waals surface area contributed by atoms with Gasteiger partial charge in [0, 0.05) is 36.7 Å². The molecule has 1 amide bonds. The number of benzene rings is 2. The fraction of sp³-hybridized carbons (Fsp3) is 0.292. The van der Waals surface area contributed by atoms with Crippen LogP contribution >= 0.6 is 0 Å². The molecule has 0 bridgehead atoms. The van der Waals surface area contributed by atoms with Gasteiger partial charge in [0.25, 0.3) is 0 Å². The molecule has 1 atom stereocenters. The van der Waals surface area contributed by atoms with Gasteiger partial charge in [0.15, 0.2) is 6.10 Å². The molecule has 0 N–H and O–H groups in total. The fourth-order valence-electron chi connectivity index (χ4n) is 3.71. The maximum atomic E-state index is 13.0. The number of amides is 1. The van der Waals surface area contributed by atoms with Gasteiger partial charge in [-0.15, -0.1) is 0 Å². The number of fused-ring (bicyclic) bond motifs is 1. The van der Waals surface area contributed by atoms with Crippen molar-refractivity contribution in [2.45, 2.75) is 39.2 Å². The third kappa shape index (κ3) is 4.97. The Bertz CT molecular complexity index is 1210. The van der Waals surface area contributed by atoms with Crippen molar-refractivity contribution < 1.29 is 28.0 Å². The molecule has 0 saturated carbocycles. The Morgan fingerprint density at radius 1 is 1.18 bits per heavy atom. The minimum absolute atomic E-state index is 0.0406. The molecule has 0 unspecified atom stereocenters. The molecular formula is C24H22FN3O5. The second kappa shape index (κ2) is 9.32. The predicted octanol–water partition coefficient (Wildman–Crippen LogP) is 3.53. The summed E-state index contributed by atoms with van der Waals surface area (Å²) in [6.45, 7) is 3.62. The maximum absolute atomic E-state index is 13.0. The highest BCUT2D eigenvalue weighted by molar-refractivity contribution is 6.01. The zero-order valence-electron chi connectivity index (χ0n) is 18.2. The Morgan fingerprint density at radius 3 is 2.67 bits per heavy atom. The van der Waals surface area contributed by atoms with E-state index in [9.17, 15) is 18.8 Å². The monoisotopic (exact) mass is 451 g/mol. The first-order chi connectivity index (χ1) is 15.8. The molecule has 1 aliphatic rings. The van der Waals surface area contributed by atoms with Gasteiger partial charge < -0.3 is 14.2 Å². The summed E-state index contributed by atoms with van der Waals surface area (Å²) in [7, 11) is 0. The highest BCUT2D eigenvalue weighted by Gasteiger charge is 2.25. The SMILES string of the molecule is CC(=O)N1CCc2cc(C(=O)[C@H](C)OC(=O)CCc3nc(-c4ccc(F)cc4)no3)ccc21. The Hall–Kier alpha value is -3.88. The van der Waals surface area contributed by atoms with E-state index in [-0.39, 0.29) is 36.2 Å². The first-order valence-corrected chi connectivity index (χ1v) is 10.5. The van der Waals surface area contributed by atoms with Gasteiger partial charge in [0.1, 0.15) is 5.82 Å². The third-order valence-electron chi connectivity index (χ3n) is 5.43. The molecule has 170 valence electrons. The van der Waals surface area contributed by atoms with Gasteiger partial charge in [-0.2, -0.15) is 4.98 Å². The molecule has 1 aliphatic heterocycles. The number of esters is 1. The van der Waals surface area contributed by atoms with Crippen LogP contribution < -0.4 is 4.90 Å². The first-order valence-electron chi connectivity index (χ1n) is 10.5. The highest BCUT2D eigenvalue weighted by atomic mass is 19.1. The van der Waals surface area contributed by atoms with Crippen molar-refractivity contribution >= 4 is 23.3 Å². The van der Waals surface area contributed by atoms with Crippen molar-refractivity contribution in [3.63, 3.8) is 0 Å². The molecule has 0 radical (unpaired) electrons. The van der Waals surface area contributed by atoms with Crippen LogP contribution in [0.4, 0.5) is 10.1 Å². The van der Waals surface area contributed by atoms with Crippen molar-refractivity contribution in [2.24, 2.45) is 0 Å². The summed E-state index contributed by atoms with van der Waals surface area (Å²) < 4.78 is 23.5. The number of aromatic nitrogens is 2. The van der Waals surface area contributed by atoms with Gasteiger partial charge >= 0.3 is 5.97 Å². The van der Waals surface area contributed by atoms with E-state index in [1.807, 2.05) is 0 Å². The number of hydrogen-bond acceptors (Lipinski definition) is 7. The van der Waals surface area contributed by atoms with Crippen LogP contribution in [0, 0.1) is 5.82 Å². The zero-order chi connectivity index (χ0) is 23.5. The van der Waals surface area contributed by atoms with Gasteiger partial charge in [0.05, 0.1) is 6.42 Å². The molecule has 2 heterocycles. The van der Waals surface area contributed by atoms with Crippen molar-refractivity contribution in [1.29, 1.82) is 0 Å². The zero-order valence-corrected chi connectivity index (χ0v) is 18.2. The number of anilines is 1. The van der Waals surface area contributed by atoms with Crippen molar-refractivity contribution in [3.05, 3.63) is 65.3 Å². The number of ether oxygens (including phenoxy) is 1. The summed E-state index contributed by atoms with van der Waals surface area (Å²) in [5.41, 5.74) is 2.75. The predicted molar refractivity (Wildman–Crippen MR) is 116 cm³/mol. The molecule has 0 spiro atoms. The number of aryl methyl sites for hydroxylation is 1. The smallest absolute Gasteiger partial charge is 0.307 e. The second-order valence-electron chi connectivity index (χ2n) is 7.78. The quantitative estimate of drug-likeness (QED) is 0.400. The average Bonchev–Trinajstić information content (AvgIpc) is 3.44. The first kappa shape index (κ1) is 22.3. The highest BCUT2D eigenvalue weighted by Crippen LogP contribution is 2.29. The topological polar surface area (TPSA) is 103 Å². The van der Waals surface area contributed by atoms with Crippen LogP contribution in [0.2, 0.25) is 0 Å². The minimum Gasteiger partial charge on any atom is -0.454 e. The van der Waals surface area contributed by atoms with E-state index in [0.717, 1.165) is 11.3 Å². The van der Waals surface area contributed by atoms with Crippen LogP contribution in [0.25, 0.3) is 11.4 Å². The maximum Gasteiger partial charge on any atom is 0.307 e. The second-order valence-corrected chi connectivity index (χ2v) is 7.78. The van der Waals surface area contributed by atoms with Crippen LogP contribution in [0.15, 0.2) is 47.0 Å². The largest absolute Gasteiger partial charge is 0.454 e. The van der Waals surface area contributed by atoms with Crippen molar-refractivity contribution in [2.75, 3.05) is 11.4 Å². The lowest BCUT2D eigenvalue weighted by Gasteiger charge is -2.16. The molecule has 0 saturated heterocycles. The summed E-state index contributed by atoms with van der Waals surface area (Å²) in [6, 6.07) is 10.8. The molecule has 1 aromatic heterocycles. The summed E-state index contributed by atoms with van der Waals surface area (Å²) in [6.07, 6.45) is -0.180. The van der Waals surface area contributed by atoms with Gasteiger partial charge in [-0.3, -0.25) is 14.4 Å². The number of carbonyl (C=O) groups excluding carboxylic acids is 3.